The highest BCUT2D eigenvalue weighted by atomic mass is 35.5. The van der Waals surface area contributed by atoms with Crippen molar-refractivity contribution in [2.75, 3.05) is 14.2 Å². The van der Waals surface area contributed by atoms with E-state index < -0.39 is 13.0 Å². The summed E-state index contributed by atoms with van der Waals surface area (Å²) < 4.78 is 25.6. The molecule has 14 heavy (non-hydrogen) atoms. The molecule has 0 radical (unpaired) electrons. The summed E-state index contributed by atoms with van der Waals surface area (Å²) in [6, 6.07) is 0. The summed E-state index contributed by atoms with van der Waals surface area (Å²) >= 11 is 5.01. The molecule has 0 aliphatic carbocycles. The minimum atomic E-state index is -3.55. The number of hydrogen-bond acceptors (Lipinski definition) is 5. The predicted octanol–water partition coefficient (Wildman–Crippen LogP) is 3.10. The van der Waals surface area contributed by atoms with Crippen LogP contribution in [0.15, 0.2) is 11.1 Å². The number of hydrogen-bond donors (Lipinski definition) is 0. The van der Waals surface area contributed by atoms with Crippen LogP contribution in [0.3, 0.4) is 0 Å². The quantitative estimate of drug-likeness (QED) is 0.431. The van der Waals surface area contributed by atoms with Crippen LogP contribution in [0.5, 0.6) is 0 Å². The third kappa shape index (κ3) is 3.42. The average Bonchev–Trinajstić information content (AvgIpc) is 2.12. The van der Waals surface area contributed by atoms with Crippen molar-refractivity contribution in [1.82, 2.24) is 0 Å². The van der Waals surface area contributed by atoms with Gasteiger partial charge in [-0.2, -0.15) is 0 Å². The number of carbonyl (C=O) groups excluding carboxylic acids is 1. The van der Waals surface area contributed by atoms with E-state index in [1.807, 2.05) is 0 Å². The Hall–Kier alpha value is -0.350. The van der Waals surface area contributed by atoms with E-state index in [0.717, 1.165) is 0 Å². The molecule has 5 nitrogen and oxygen atoms in total. The van der Waals surface area contributed by atoms with Crippen LogP contribution in [0.4, 0.5) is 4.79 Å². The molecular weight excluding hydrogens is 230 g/mol. The molecule has 7 heteroatoms. The first-order chi connectivity index (χ1) is 6.37. The lowest BCUT2D eigenvalue weighted by molar-refractivity contribution is 0.197. The lowest BCUT2D eigenvalue weighted by atomic mass is 10.4. The van der Waals surface area contributed by atoms with Crippen LogP contribution in [-0.4, -0.2) is 19.6 Å². The molecular formula is C7H12ClO5P. The number of halogens is 1. The molecule has 82 valence electrons. The molecule has 0 aromatic heterocycles. The van der Waals surface area contributed by atoms with E-state index in [1.54, 1.807) is 13.8 Å². The highest BCUT2D eigenvalue weighted by Gasteiger charge is 2.32. The van der Waals surface area contributed by atoms with E-state index in [1.165, 1.54) is 14.2 Å². The molecule has 0 heterocycles. The molecule has 0 aromatic carbocycles. The molecule has 0 bridgehead atoms. The van der Waals surface area contributed by atoms with Crippen molar-refractivity contribution in [3.63, 3.8) is 0 Å². The van der Waals surface area contributed by atoms with Crippen molar-refractivity contribution >= 4 is 24.6 Å². The lowest BCUT2D eigenvalue weighted by Gasteiger charge is -2.16. The molecule has 0 saturated heterocycles. The Kier molecular flexibility index (Phi) is 5.37. The van der Waals surface area contributed by atoms with Gasteiger partial charge in [0.25, 0.3) is 0 Å². The van der Waals surface area contributed by atoms with Gasteiger partial charge in [0.2, 0.25) is 5.50 Å². The number of carbonyl (C=O) groups is 1. The fourth-order valence-electron chi connectivity index (χ4n) is 0.748. The van der Waals surface area contributed by atoms with Crippen molar-refractivity contribution in [3.05, 3.63) is 11.1 Å². The van der Waals surface area contributed by atoms with Gasteiger partial charge in [0.1, 0.15) is 0 Å². The summed E-state index contributed by atoms with van der Waals surface area (Å²) in [6.45, 7) is 3.19. The zero-order valence-corrected chi connectivity index (χ0v) is 10.0. The van der Waals surface area contributed by atoms with Crippen LogP contribution in [0, 0.1) is 0 Å². The SMILES string of the molecule is COP(=O)(OC)C(OC(=O)Cl)=C(C)C. The van der Waals surface area contributed by atoms with Gasteiger partial charge in [0.05, 0.1) is 0 Å². The summed E-state index contributed by atoms with van der Waals surface area (Å²) in [6.07, 6.45) is 0. The summed E-state index contributed by atoms with van der Waals surface area (Å²) in [5, 5.41) is 0. The van der Waals surface area contributed by atoms with Gasteiger partial charge in [-0.25, -0.2) is 4.79 Å². The fraction of sp³-hybridized carbons (Fsp3) is 0.571. The number of rotatable bonds is 4. The second kappa shape index (κ2) is 5.51. The average molecular weight is 243 g/mol. The van der Waals surface area contributed by atoms with E-state index in [4.69, 9.17) is 11.6 Å². The molecule has 0 aliphatic heterocycles. The molecule has 0 atom stereocenters. The molecule has 0 saturated carbocycles. The van der Waals surface area contributed by atoms with Gasteiger partial charge >= 0.3 is 13.0 Å². The van der Waals surface area contributed by atoms with Crippen LogP contribution >= 0.6 is 19.2 Å². The normalized spacial score (nSPS) is 10.9. The lowest BCUT2D eigenvalue weighted by Crippen LogP contribution is -2.01. The highest BCUT2D eigenvalue weighted by molar-refractivity contribution is 7.58. The number of allylic oxidation sites excluding steroid dienone is 1. The smallest absolute Gasteiger partial charge is 0.406 e. The first kappa shape index (κ1) is 13.7. The van der Waals surface area contributed by atoms with Crippen LogP contribution in [0.25, 0.3) is 0 Å². The van der Waals surface area contributed by atoms with Crippen molar-refractivity contribution in [3.8, 4) is 0 Å². The van der Waals surface area contributed by atoms with E-state index >= 15 is 0 Å². The van der Waals surface area contributed by atoms with Gasteiger partial charge in [0, 0.05) is 25.8 Å². The molecule has 0 aliphatic rings. The zero-order chi connectivity index (χ0) is 11.4. The minimum Gasteiger partial charge on any atom is -0.406 e. The third-order valence-corrected chi connectivity index (χ3v) is 3.41. The molecule has 0 unspecified atom stereocenters. The largest absolute Gasteiger partial charge is 0.409 e. The van der Waals surface area contributed by atoms with E-state index in [0.29, 0.717) is 5.57 Å². The van der Waals surface area contributed by atoms with Crippen molar-refractivity contribution in [2.45, 2.75) is 13.8 Å². The molecule has 0 aromatic rings. The molecule has 0 fully saturated rings. The van der Waals surface area contributed by atoms with E-state index in [9.17, 15) is 9.36 Å². The molecule has 0 spiro atoms. The van der Waals surface area contributed by atoms with Gasteiger partial charge in [-0.1, -0.05) is 0 Å². The Morgan fingerprint density at radius 1 is 1.21 bits per heavy atom. The highest BCUT2D eigenvalue weighted by Crippen LogP contribution is 2.56. The predicted molar refractivity (Wildman–Crippen MR) is 52.3 cm³/mol. The number of ether oxygens (including phenoxy) is 1. The standard InChI is InChI=1S/C7H12ClO5P/c1-5(2)6(13-7(8)9)14(10,11-3)12-4/h1-4H3. The van der Waals surface area contributed by atoms with E-state index in [2.05, 4.69) is 13.8 Å². The maximum atomic E-state index is 11.8. The van der Waals surface area contributed by atoms with Gasteiger partial charge in [-0.15, -0.1) is 0 Å². The fourth-order valence-corrected chi connectivity index (χ4v) is 2.10. The van der Waals surface area contributed by atoms with Gasteiger partial charge in [-0.05, 0) is 19.4 Å². The minimum absolute atomic E-state index is 0.178. The van der Waals surface area contributed by atoms with E-state index in [-0.39, 0.29) is 5.50 Å². The monoisotopic (exact) mass is 242 g/mol. The van der Waals surface area contributed by atoms with Crippen LogP contribution in [0.1, 0.15) is 13.8 Å². The first-order valence-electron chi connectivity index (χ1n) is 3.64. The van der Waals surface area contributed by atoms with Crippen molar-refractivity contribution in [2.24, 2.45) is 0 Å². The maximum absolute atomic E-state index is 11.8. The second-order valence-electron chi connectivity index (χ2n) is 2.51. The maximum Gasteiger partial charge on any atom is 0.409 e. The van der Waals surface area contributed by atoms with Crippen molar-refractivity contribution in [1.29, 1.82) is 0 Å². The summed E-state index contributed by atoms with van der Waals surface area (Å²) in [5.41, 5.74) is -0.774. The van der Waals surface area contributed by atoms with Crippen molar-refractivity contribution < 1.29 is 23.1 Å². The summed E-state index contributed by atoms with van der Waals surface area (Å²) in [5.74, 6) is 0. The Balaban J connectivity index is 5.13. The Labute approximate surface area is 87.5 Å². The zero-order valence-electron chi connectivity index (χ0n) is 8.37. The molecule has 0 amide bonds. The van der Waals surface area contributed by atoms with Gasteiger partial charge < -0.3 is 13.8 Å². The molecule has 0 N–H and O–H groups in total. The van der Waals surface area contributed by atoms with Crippen LogP contribution in [-0.2, 0) is 18.3 Å². The molecule has 0 rings (SSSR count). The third-order valence-electron chi connectivity index (χ3n) is 1.33. The Morgan fingerprint density at radius 3 is 1.86 bits per heavy atom. The second-order valence-corrected chi connectivity index (χ2v) is 4.95. The van der Waals surface area contributed by atoms with Crippen LogP contribution in [0.2, 0.25) is 0 Å². The van der Waals surface area contributed by atoms with Crippen LogP contribution < -0.4 is 0 Å². The Bertz CT molecular complexity index is 286. The Morgan fingerprint density at radius 2 is 1.64 bits per heavy atom. The topological polar surface area (TPSA) is 61.8 Å². The summed E-state index contributed by atoms with van der Waals surface area (Å²) in [4.78, 5) is 10.5. The van der Waals surface area contributed by atoms with Gasteiger partial charge in [0.15, 0.2) is 0 Å². The summed E-state index contributed by atoms with van der Waals surface area (Å²) in [7, 11) is -1.17. The first-order valence-corrected chi connectivity index (χ1v) is 5.56. The van der Waals surface area contributed by atoms with Gasteiger partial charge in [-0.3, -0.25) is 4.57 Å².